The van der Waals surface area contributed by atoms with Crippen LogP contribution in [0.1, 0.15) is 152 Å². The van der Waals surface area contributed by atoms with E-state index in [0.29, 0.717) is 40.9 Å². The average Bonchev–Trinajstić information content (AvgIpc) is 3.39. The van der Waals surface area contributed by atoms with Crippen LogP contribution in [0.4, 0.5) is 0 Å². The van der Waals surface area contributed by atoms with Crippen molar-refractivity contribution < 1.29 is 23.7 Å². The van der Waals surface area contributed by atoms with Gasteiger partial charge in [0.2, 0.25) is 0 Å². The van der Waals surface area contributed by atoms with Gasteiger partial charge in [-0.2, -0.15) is 0 Å². The van der Waals surface area contributed by atoms with E-state index in [1.54, 1.807) is 0 Å². The number of fused-ring (bicyclic) bond motifs is 1. The third-order valence-corrected chi connectivity index (χ3v) is 13.2. The second-order valence-electron chi connectivity index (χ2n) is 16.6. The second-order valence-corrected chi connectivity index (χ2v) is 16.6. The first-order chi connectivity index (χ1) is 21.0. The summed E-state index contributed by atoms with van der Waals surface area (Å²) in [6.45, 7) is 21.0. The Hall–Kier alpha value is -0.490. The average molecular weight is 619 g/mol. The molecule has 0 amide bonds. The van der Waals surface area contributed by atoms with E-state index in [-0.39, 0.29) is 36.1 Å². The van der Waals surface area contributed by atoms with Crippen LogP contribution in [0.15, 0.2) is 0 Å². The van der Waals surface area contributed by atoms with E-state index in [4.69, 9.17) is 18.9 Å². The van der Waals surface area contributed by atoms with Crippen LogP contribution in [0.5, 0.6) is 0 Å². The molecule has 2 aliphatic heterocycles. The summed E-state index contributed by atoms with van der Waals surface area (Å²) in [5, 5.41) is 0. The summed E-state index contributed by atoms with van der Waals surface area (Å²) in [5.41, 5.74) is 0.490. The highest BCUT2D eigenvalue weighted by Gasteiger charge is 2.59. The molecule has 0 bridgehead atoms. The van der Waals surface area contributed by atoms with Gasteiger partial charge in [0, 0.05) is 19.1 Å². The van der Waals surface area contributed by atoms with E-state index >= 15 is 0 Å². The molecule has 2 heterocycles. The Labute approximate surface area is 271 Å². The SMILES string of the molecule is CC[C@@H](CCC(C)(C)C1CC[C@@]2(C)C(CC[C@@H]2[C@H](C)C[C@H](C)C=O)C1[C@@H](OC1CCCCO1)[C@@H](C)CC)OC1CCCCO1. The Morgan fingerprint density at radius 3 is 2.11 bits per heavy atom. The Kier molecular flexibility index (Phi) is 13.7. The van der Waals surface area contributed by atoms with Crippen molar-refractivity contribution in [2.45, 2.75) is 176 Å². The predicted octanol–water partition coefficient (Wildman–Crippen LogP) is 9.99. The lowest BCUT2D eigenvalue weighted by Crippen LogP contribution is -2.53. The highest BCUT2D eigenvalue weighted by atomic mass is 16.7. The normalized spacial score (nSPS) is 36.6. The molecule has 0 radical (unpaired) electrons. The van der Waals surface area contributed by atoms with Gasteiger partial charge in [-0.25, -0.2) is 0 Å². The maximum Gasteiger partial charge on any atom is 0.157 e. The van der Waals surface area contributed by atoms with Gasteiger partial charge in [0.15, 0.2) is 12.6 Å². The van der Waals surface area contributed by atoms with Crippen molar-refractivity contribution in [1.29, 1.82) is 0 Å². The lowest BCUT2D eigenvalue weighted by molar-refractivity contribution is -0.232. The van der Waals surface area contributed by atoms with E-state index in [9.17, 15) is 4.79 Å². The summed E-state index contributed by atoms with van der Waals surface area (Å²) < 4.78 is 25.9. The summed E-state index contributed by atoms with van der Waals surface area (Å²) in [6.07, 6.45) is 19.0. The summed E-state index contributed by atoms with van der Waals surface area (Å²) in [6, 6.07) is 0. The number of carbonyl (C=O) groups is 1. The molecule has 0 spiro atoms. The molecule has 2 saturated carbocycles. The second kappa shape index (κ2) is 16.6. The molecule has 12 atom stereocenters. The number of hydrogen-bond donors (Lipinski definition) is 0. The maximum absolute atomic E-state index is 11.6. The Morgan fingerprint density at radius 1 is 0.886 bits per heavy atom. The van der Waals surface area contributed by atoms with Gasteiger partial charge in [-0.15, -0.1) is 0 Å². The number of rotatable bonds is 16. The topological polar surface area (TPSA) is 54.0 Å². The molecule has 4 fully saturated rings. The van der Waals surface area contributed by atoms with Gasteiger partial charge < -0.3 is 23.7 Å². The van der Waals surface area contributed by atoms with Crippen LogP contribution in [0.3, 0.4) is 0 Å². The Bertz CT molecular complexity index is 847. The molecule has 5 nitrogen and oxygen atoms in total. The summed E-state index contributed by atoms with van der Waals surface area (Å²) >= 11 is 0. The molecule has 0 aromatic heterocycles. The van der Waals surface area contributed by atoms with Crippen LogP contribution in [0, 0.1) is 52.3 Å². The highest BCUT2D eigenvalue weighted by Crippen LogP contribution is 2.65. The largest absolute Gasteiger partial charge is 0.353 e. The highest BCUT2D eigenvalue weighted by molar-refractivity contribution is 5.52. The van der Waals surface area contributed by atoms with Crippen LogP contribution >= 0.6 is 0 Å². The molecule has 256 valence electrons. The number of ether oxygens (including phenoxy) is 4. The molecular formula is C39H70O5. The number of carbonyl (C=O) groups excluding carboxylic acids is 1. The van der Waals surface area contributed by atoms with E-state index in [1.807, 2.05) is 0 Å². The van der Waals surface area contributed by atoms with E-state index < -0.39 is 0 Å². The summed E-state index contributed by atoms with van der Waals surface area (Å²) in [7, 11) is 0. The summed E-state index contributed by atoms with van der Waals surface area (Å²) in [4.78, 5) is 11.6. The molecule has 2 saturated heterocycles. The minimum absolute atomic E-state index is 0.0158. The summed E-state index contributed by atoms with van der Waals surface area (Å²) in [5.74, 6) is 3.67. The fourth-order valence-corrected chi connectivity index (χ4v) is 10.3. The fraction of sp³-hybridized carbons (Fsp3) is 0.974. The predicted molar refractivity (Wildman–Crippen MR) is 179 cm³/mol. The van der Waals surface area contributed by atoms with Crippen molar-refractivity contribution in [3.63, 3.8) is 0 Å². The lowest BCUT2D eigenvalue weighted by Gasteiger charge is -2.57. The molecule has 0 aromatic rings. The standard InChI is InChI=1S/C39H70O5/c1-9-28(4)37(44-35-16-12-14-24-42-35)36-32(38(6,7)21-19-30(10-2)43-34-15-11-13-23-41-34)20-22-39(8)31(17-18-33(36)39)29(5)25-27(3)26-40/h26-37H,9-25H2,1-8H3/t27-,28-,29+,30-,31+,32?,33?,34?,35?,36?,37-,39+/m0/s1. The van der Waals surface area contributed by atoms with Gasteiger partial charge in [0.1, 0.15) is 6.29 Å². The third-order valence-electron chi connectivity index (χ3n) is 13.2. The minimum atomic E-state index is -0.0578. The van der Waals surface area contributed by atoms with Crippen molar-refractivity contribution in [2.24, 2.45) is 52.3 Å². The number of aldehydes is 1. The van der Waals surface area contributed by atoms with Gasteiger partial charge in [-0.05, 0) is 136 Å². The first kappa shape index (κ1) is 36.3. The van der Waals surface area contributed by atoms with Gasteiger partial charge in [-0.3, -0.25) is 0 Å². The monoisotopic (exact) mass is 619 g/mol. The molecular weight excluding hydrogens is 548 g/mol. The number of hydrogen-bond acceptors (Lipinski definition) is 5. The minimum Gasteiger partial charge on any atom is -0.353 e. The van der Waals surface area contributed by atoms with Crippen molar-refractivity contribution >= 4 is 6.29 Å². The fourth-order valence-electron chi connectivity index (χ4n) is 10.3. The molecule has 5 unspecified atom stereocenters. The first-order valence-electron chi connectivity index (χ1n) is 19.0. The Balaban J connectivity index is 1.59. The smallest absolute Gasteiger partial charge is 0.157 e. The molecule has 44 heavy (non-hydrogen) atoms. The molecule has 5 heteroatoms. The molecule has 4 rings (SSSR count). The van der Waals surface area contributed by atoms with Crippen LogP contribution in [-0.4, -0.2) is 44.3 Å². The zero-order chi connectivity index (χ0) is 31.9. The van der Waals surface area contributed by atoms with Gasteiger partial charge in [-0.1, -0.05) is 61.8 Å². The zero-order valence-corrected chi connectivity index (χ0v) is 30.0. The van der Waals surface area contributed by atoms with Crippen molar-refractivity contribution in [3.05, 3.63) is 0 Å². The van der Waals surface area contributed by atoms with Crippen LogP contribution < -0.4 is 0 Å². The quantitative estimate of drug-likeness (QED) is 0.161. The van der Waals surface area contributed by atoms with Crippen LogP contribution in [-0.2, 0) is 23.7 Å². The Morgan fingerprint density at radius 2 is 1.55 bits per heavy atom. The van der Waals surface area contributed by atoms with Gasteiger partial charge in [0.25, 0.3) is 0 Å². The zero-order valence-electron chi connectivity index (χ0n) is 30.0. The molecule has 4 aliphatic rings. The van der Waals surface area contributed by atoms with Gasteiger partial charge in [0.05, 0.1) is 12.2 Å². The molecule has 0 N–H and O–H groups in total. The molecule has 2 aliphatic carbocycles. The maximum atomic E-state index is 11.6. The lowest BCUT2D eigenvalue weighted by atomic mass is 9.50. The molecule has 0 aromatic carbocycles. The first-order valence-corrected chi connectivity index (χ1v) is 19.0. The van der Waals surface area contributed by atoms with E-state index in [0.717, 1.165) is 70.9 Å². The van der Waals surface area contributed by atoms with E-state index in [1.165, 1.54) is 44.9 Å². The van der Waals surface area contributed by atoms with Gasteiger partial charge >= 0.3 is 0 Å². The van der Waals surface area contributed by atoms with Crippen LogP contribution in [0.25, 0.3) is 0 Å². The van der Waals surface area contributed by atoms with Crippen molar-refractivity contribution in [3.8, 4) is 0 Å². The van der Waals surface area contributed by atoms with E-state index in [2.05, 4.69) is 55.4 Å². The van der Waals surface area contributed by atoms with Crippen molar-refractivity contribution in [2.75, 3.05) is 13.2 Å². The van der Waals surface area contributed by atoms with Crippen LogP contribution in [0.2, 0.25) is 0 Å². The van der Waals surface area contributed by atoms with Crippen molar-refractivity contribution in [1.82, 2.24) is 0 Å². The third kappa shape index (κ3) is 8.70.